The molecule has 0 aromatic heterocycles. The van der Waals surface area contributed by atoms with Crippen LogP contribution in [0.5, 0.6) is 0 Å². The second-order valence-corrected chi connectivity index (χ2v) is 3.62. The zero-order valence-corrected chi connectivity index (χ0v) is 14.4. The molecule has 0 saturated carbocycles. The molecule has 1 rings (SSSR count). The summed E-state index contributed by atoms with van der Waals surface area (Å²) < 4.78 is 0. The van der Waals surface area contributed by atoms with Crippen molar-refractivity contribution in [1.82, 2.24) is 0 Å². The van der Waals surface area contributed by atoms with Crippen molar-refractivity contribution >= 4 is 0 Å². The van der Waals surface area contributed by atoms with Crippen molar-refractivity contribution in [2.75, 3.05) is 0 Å². The number of hydrogen-bond acceptors (Lipinski definition) is 0. The fourth-order valence-electron chi connectivity index (χ4n) is 1.41. The predicted molar refractivity (Wildman–Crippen MR) is 55.6 cm³/mol. The molecule has 0 bridgehead atoms. The average molecular weight is 326 g/mol. The second-order valence-electron chi connectivity index (χ2n) is 3.62. The Kier molecular flexibility index (Phi) is 16.8. The van der Waals surface area contributed by atoms with E-state index in [1.807, 2.05) is 0 Å². The van der Waals surface area contributed by atoms with Crippen molar-refractivity contribution in [3.05, 3.63) is 29.7 Å². The van der Waals surface area contributed by atoms with E-state index >= 15 is 0 Å². The SMILES string of the molecule is CC1=[C-]C(C)(C)C(C)=C1C.[CH2-]C.[Cl-].[Cl-].[Zr+4]. The van der Waals surface area contributed by atoms with E-state index in [0.717, 1.165) is 0 Å². The summed E-state index contributed by atoms with van der Waals surface area (Å²) in [6, 6.07) is 0. The van der Waals surface area contributed by atoms with Crippen molar-refractivity contribution < 1.29 is 51.0 Å². The molecule has 0 nitrogen and oxygen atoms in total. The molecule has 0 saturated heterocycles. The first-order valence-electron chi connectivity index (χ1n) is 4.46. The van der Waals surface area contributed by atoms with Crippen LogP contribution in [0, 0.1) is 18.4 Å². The maximum Gasteiger partial charge on any atom is 4.00 e. The van der Waals surface area contributed by atoms with Gasteiger partial charge in [-0.25, -0.2) is 5.57 Å². The molecule has 0 heterocycles. The van der Waals surface area contributed by atoms with Crippen LogP contribution < -0.4 is 24.8 Å². The quantitative estimate of drug-likeness (QED) is 0.450. The van der Waals surface area contributed by atoms with Crippen LogP contribution in [0.4, 0.5) is 0 Å². The normalized spacial score (nSPS) is 16.1. The van der Waals surface area contributed by atoms with Crippen LogP contribution in [0.1, 0.15) is 41.5 Å². The molecule has 0 spiro atoms. The van der Waals surface area contributed by atoms with E-state index in [9.17, 15) is 0 Å². The molecule has 0 N–H and O–H groups in total. The Morgan fingerprint density at radius 2 is 1.33 bits per heavy atom. The number of allylic oxidation sites excluding steroid dienone is 4. The summed E-state index contributed by atoms with van der Waals surface area (Å²) in [5, 5.41) is 0. The Balaban J connectivity index is -0.000000114. The average Bonchev–Trinajstić information content (AvgIpc) is 2.19. The zero-order valence-electron chi connectivity index (χ0n) is 10.5. The van der Waals surface area contributed by atoms with Gasteiger partial charge in [-0.3, -0.25) is 6.08 Å². The van der Waals surface area contributed by atoms with Gasteiger partial charge in [-0.15, -0.1) is 6.92 Å². The predicted octanol–water partition coefficient (Wildman–Crippen LogP) is -2.04. The molecule has 15 heavy (non-hydrogen) atoms. The van der Waals surface area contributed by atoms with Crippen molar-refractivity contribution in [1.29, 1.82) is 0 Å². The van der Waals surface area contributed by atoms with E-state index in [-0.39, 0.29) is 56.4 Å². The minimum Gasteiger partial charge on any atom is -1.00 e. The van der Waals surface area contributed by atoms with E-state index in [2.05, 4.69) is 47.6 Å². The molecule has 3 heteroatoms. The number of hydrogen-bond donors (Lipinski definition) is 0. The Labute approximate surface area is 127 Å². The summed E-state index contributed by atoms with van der Waals surface area (Å²) in [7, 11) is 0. The topological polar surface area (TPSA) is 0 Å². The van der Waals surface area contributed by atoms with Gasteiger partial charge in [0.2, 0.25) is 0 Å². The van der Waals surface area contributed by atoms with E-state index < -0.39 is 0 Å². The minimum atomic E-state index is 0. The Bertz CT molecular complexity index is 228. The molecule has 0 aromatic rings. The van der Waals surface area contributed by atoms with Crippen LogP contribution in [-0.2, 0) is 26.2 Å². The van der Waals surface area contributed by atoms with E-state index in [1.54, 1.807) is 6.92 Å². The Morgan fingerprint density at radius 3 is 1.40 bits per heavy atom. The monoisotopic (exact) mass is 324 g/mol. The summed E-state index contributed by atoms with van der Waals surface area (Å²) in [4.78, 5) is 0. The number of rotatable bonds is 0. The van der Waals surface area contributed by atoms with Gasteiger partial charge in [-0.2, -0.15) is 18.1 Å². The summed E-state index contributed by atoms with van der Waals surface area (Å²) in [5.41, 5.74) is 4.39. The molecule has 86 valence electrons. The third kappa shape index (κ3) is 6.29. The van der Waals surface area contributed by atoms with Crippen LogP contribution in [0.2, 0.25) is 0 Å². The van der Waals surface area contributed by atoms with Gasteiger partial charge in [0.15, 0.2) is 0 Å². The first-order valence-corrected chi connectivity index (χ1v) is 4.46. The third-order valence-electron chi connectivity index (χ3n) is 2.56. The Morgan fingerprint density at radius 1 is 1.00 bits per heavy atom. The maximum absolute atomic E-state index is 3.44. The maximum atomic E-state index is 3.44. The van der Waals surface area contributed by atoms with Crippen molar-refractivity contribution in [3.63, 3.8) is 0 Å². The first kappa shape index (κ1) is 25.0. The van der Waals surface area contributed by atoms with E-state index in [0.29, 0.717) is 0 Å². The van der Waals surface area contributed by atoms with Crippen LogP contribution >= 0.6 is 0 Å². The Hall–Kier alpha value is 0.943. The smallest absolute Gasteiger partial charge is 1.00 e. The minimum absolute atomic E-state index is 0. The number of halogens is 2. The van der Waals surface area contributed by atoms with Crippen LogP contribution in [0.25, 0.3) is 0 Å². The third-order valence-corrected chi connectivity index (χ3v) is 2.56. The fourth-order valence-corrected chi connectivity index (χ4v) is 1.41. The zero-order chi connectivity index (χ0) is 9.94. The molecule has 0 unspecified atom stereocenters. The molecular weight excluding hydrogens is 306 g/mol. The van der Waals surface area contributed by atoms with Gasteiger partial charge in [0.05, 0.1) is 0 Å². The van der Waals surface area contributed by atoms with Gasteiger partial charge >= 0.3 is 26.2 Å². The van der Waals surface area contributed by atoms with Crippen molar-refractivity contribution in [2.24, 2.45) is 5.41 Å². The van der Waals surface area contributed by atoms with Crippen LogP contribution in [0.3, 0.4) is 0 Å². The molecule has 0 aromatic carbocycles. The molecule has 1 aliphatic rings. The van der Waals surface area contributed by atoms with Gasteiger partial charge in [0.25, 0.3) is 0 Å². The summed E-state index contributed by atoms with van der Waals surface area (Å²) in [6.45, 7) is 15.9. The molecule has 0 atom stereocenters. The molecule has 0 amide bonds. The van der Waals surface area contributed by atoms with Gasteiger partial charge in [-0.05, 0) is 0 Å². The van der Waals surface area contributed by atoms with Crippen molar-refractivity contribution in [2.45, 2.75) is 41.5 Å². The van der Waals surface area contributed by atoms with Gasteiger partial charge in [0.1, 0.15) is 0 Å². The first-order chi connectivity index (χ1) is 5.45. The van der Waals surface area contributed by atoms with E-state index in [4.69, 9.17) is 0 Å². The largest absolute Gasteiger partial charge is 4.00 e. The summed E-state index contributed by atoms with van der Waals surface area (Å²) in [6.07, 6.45) is 3.44. The molecule has 1 aliphatic carbocycles. The van der Waals surface area contributed by atoms with E-state index in [1.165, 1.54) is 16.7 Å². The van der Waals surface area contributed by atoms with Crippen LogP contribution in [-0.4, -0.2) is 0 Å². The van der Waals surface area contributed by atoms with Crippen LogP contribution in [0.15, 0.2) is 16.7 Å². The molecule has 0 aliphatic heterocycles. The summed E-state index contributed by atoms with van der Waals surface area (Å²) >= 11 is 0. The molecule has 0 radical (unpaired) electrons. The summed E-state index contributed by atoms with van der Waals surface area (Å²) in [5.74, 6) is 0. The molecule has 0 fully saturated rings. The van der Waals surface area contributed by atoms with Crippen molar-refractivity contribution in [3.8, 4) is 0 Å². The standard InChI is InChI=1S/C10H15.C2H5.2ClH.Zr/c1-7-6-10(4,5)9(3)8(7)2;1-2;;;/h1-5H3;1H2,2H3;2*1H;/q2*-1;;;+4/p-2. The fraction of sp³-hybridized carbons (Fsp3) is 0.583. The van der Waals surface area contributed by atoms with Gasteiger partial charge < -0.3 is 31.7 Å². The molecular formula is C12H20Cl2Zr. The van der Waals surface area contributed by atoms with Gasteiger partial charge in [-0.1, -0.05) is 33.1 Å². The second kappa shape index (κ2) is 10.1. The van der Waals surface area contributed by atoms with Gasteiger partial charge in [0, 0.05) is 0 Å².